The van der Waals surface area contributed by atoms with Gasteiger partial charge in [0.25, 0.3) is 0 Å². The number of rotatable bonds is 2. The molecule has 2 nitrogen and oxygen atoms in total. The maximum Gasteiger partial charge on any atom is 0.146 e. The molecule has 1 aliphatic heterocycles. The van der Waals surface area contributed by atoms with Crippen molar-refractivity contribution in [1.29, 1.82) is 0 Å². The lowest BCUT2D eigenvalue weighted by molar-refractivity contribution is 0.0580. The standard InChI is InChI=1S/C12H15ClFNO/c13-10-3-1-2-9(11(10)14)12(15)8-4-6-16-7-5-8/h1-3,8,12H,4-7,15H2/t12-/m0/s1. The molecular formula is C12H15ClFNO. The topological polar surface area (TPSA) is 35.2 Å². The van der Waals surface area contributed by atoms with Gasteiger partial charge >= 0.3 is 0 Å². The zero-order valence-electron chi connectivity index (χ0n) is 8.96. The van der Waals surface area contributed by atoms with Gasteiger partial charge in [-0.2, -0.15) is 0 Å². The predicted molar refractivity (Wildman–Crippen MR) is 61.9 cm³/mol. The molecule has 0 amide bonds. The van der Waals surface area contributed by atoms with Crippen molar-refractivity contribution >= 4 is 11.6 Å². The van der Waals surface area contributed by atoms with E-state index in [-0.39, 0.29) is 22.8 Å². The molecule has 0 aromatic heterocycles. The van der Waals surface area contributed by atoms with E-state index < -0.39 is 0 Å². The number of ether oxygens (including phenoxy) is 1. The van der Waals surface area contributed by atoms with Crippen molar-refractivity contribution in [2.45, 2.75) is 18.9 Å². The van der Waals surface area contributed by atoms with Crippen molar-refractivity contribution in [3.8, 4) is 0 Å². The van der Waals surface area contributed by atoms with E-state index in [4.69, 9.17) is 22.1 Å². The fourth-order valence-electron chi connectivity index (χ4n) is 2.11. The molecule has 0 aliphatic carbocycles. The van der Waals surface area contributed by atoms with Crippen LogP contribution in [0.4, 0.5) is 4.39 Å². The molecule has 16 heavy (non-hydrogen) atoms. The van der Waals surface area contributed by atoms with Gasteiger partial charge in [-0.15, -0.1) is 0 Å². The van der Waals surface area contributed by atoms with Gasteiger partial charge in [0, 0.05) is 24.8 Å². The van der Waals surface area contributed by atoms with E-state index in [0.717, 1.165) is 12.8 Å². The van der Waals surface area contributed by atoms with Crippen molar-refractivity contribution in [3.63, 3.8) is 0 Å². The molecule has 1 aliphatic rings. The summed E-state index contributed by atoms with van der Waals surface area (Å²) in [5.41, 5.74) is 6.60. The normalized spacial score (nSPS) is 19.7. The average Bonchev–Trinajstić information content (AvgIpc) is 2.33. The van der Waals surface area contributed by atoms with Crippen LogP contribution in [0.2, 0.25) is 5.02 Å². The number of halogens is 2. The van der Waals surface area contributed by atoms with E-state index in [1.165, 1.54) is 6.07 Å². The van der Waals surface area contributed by atoms with Crippen LogP contribution in [0.5, 0.6) is 0 Å². The summed E-state index contributed by atoms with van der Waals surface area (Å²) in [6.45, 7) is 1.42. The van der Waals surface area contributed by atoms with E-state index in [2.05, 4.69) is 0 Å². The maximum absolute atomic E-state index is 13.8. The fourth-order valence-corrected chi connectivity index (χ4v) is 2.29. The van der Waals surface area contributed by atoms with Crippen molar-refractivity contribution in [1.82, 2.24) is 0 Å². The number of hydrogen-bond donors (Lipinski definition) is 1. The lowest BCUT2D eigenvalue weighted by Gasteiger charge is -2.28. The van der Waals surface area contributed by atoms with Gasteiger partial charge < -0.3 is 10.5 Å². The Kier molecular flexibility index (Phi) is 3.79. The largest absolute Gasteiger partial charge is 0.381 e. The van der Waals surface area contributed by atoms with Crippen LogP contribution in [0.25, 0.3) is 0 Å². The summed E-state index contributed by atoms with van der Waals surface area (Å²) in [5, 5.41) is 0.139. The summed E-state index contributed by atoms with van der Waals surface area (Å²) in [5.74, 6) is -0.107. The fraction of sp³-hybridized carbons (Fsp3) is 0.500. The van der Waals surface area contributed by atoms with E-state index in [0.29, 0.717) is 18.8 Å². The van der Waals surface area contributed by atoms with Crippen LogP contribution < -0.4 is 5.73 Å². The summed E-state index contributed by atoms with van der Waals surface area (Å²) in [4.78, 5) is 0. The first-order valence-corrected chi connectivity index (χ1v) is 5.85. The van der Waals surface area contributed by atoms with E-state index in [1.807, 2.05) is 0 Å². The molecule has 4 heteroatoms. The molecule has 1 heterocycles. The summed E-state index contributed by atoms with van der Waals surface area (Å²) in [6, 6.07) is 4.70. The zero-order valence-corrected chi connectivity index (χ0v) is 9.71. The van der Waals surface area contributed by atoms with Gasteiger partial charge in [-0.3, -0.25) is 0 Å². The highest BCUT2D eigenvalue weighted by atomic mass is 35.5. The monoisotopic (exact) mass is 243 g/mol. The van der Waals surface area contributed by atoms with Gasteiger partial charge in [0.1, 0.15) is 5.82 Å². The quantitative estimate of drug-likeness (QED) is 0.867. The molecule has 2 rings (SSSR count). The van der Waals surface area contributed by atoms with Crippen LogP contribution in [0, 0.1) is 11.7 Å². The second-order valence-corrected chi connectivity index (χ2v) is 4.53. The van der Waals surface area contributed by atoms with Crippen LogP contribution in [0.3, 0.4) is 0 Å². The minimum atomic E-state index is -0.386. The summed E-state index contributed by atoms with van der Waals surface area (Å²) < 4.78 is 19.0. The third-order valence-corrected chi connectivity index (χ3v) is 3.41. The van der Waals surface area contributed by atoms with Gasteiger partial charge in [0.15, 0.2) is 0 Å². The first kappa shape index (κ1) is 11.8. The minimum Gasteiger partial charge on any atom is -0.381 e. The second kappa shape index (κ2) is 5.13. The lowest BCUT2D eigenvalue weighted by Crippen LogP contribution is -2.28. The Morgan fingerprint density at radius 1 is 1.38 bits per heavy atom. The van der Waals surface area contributed by atoms with Gasteiger partial charge in [-0.05, 0) is 24.8 Å². The molecule has 1 aromatic rings. The van der Waals surface area contributed by atoms with Gasteiger partial charge in [-0.25, -0.2) is 4.39 Å². The van der Waals surface area contributed by atoms with Crippen molar-refractivity contribution in [2.75, 3.05) is 13.2 Å². The van der Waals surface area contributed by atoms with Crippen molar-refractivity contribution in [3.05, 3.63) is 34.6 Å². The molecule has 0 unspecified atom stereocenters. The Hall–Kier alpha value is -0.640. The van der Waals surface area contributed by atoms with Gasteiger partial charge in [0.2, 0.25) is 0 Å². The number of hydrogen-bond acceptors (Lipinski definition) is 2. The van der Waals surface area contributed by atoms with Crippen molar-refractivity contribution < 1.29 is 9.13 Å². The summed E-state index contributed by atoms with van der Waals surface area (Å²) in [6.07, 6.45) is 1.76. The van der Waals surface area contributed by atoms with Gasteiger partial charge in [-0.1, -0.05) is 23.7 Å². The van der Waals surface area contributed by atoms with Crippen LogP contribution in [-0.2, 0) is 4.74 Å². The SMILES string of the molecule is N[C@H](c1cccc(Cl)c1F)C1CCOCC1. The number of benzene rings is 1. The highest BCUT2D eigenvalue weighted by Crippen LogP contribution is 2.31. The molecule has 1 aromatic carbocycles. The molecule has 1 fully saturated rings. The van der Waals surface area contributed by atoms with Gasteiger partial charge in [0.05, 0.1) is 5.02 Å². The molecule has 1 atom stereocenters. The molecular weight excluding hydrogens is 229 g/mol. The minimum absolute atomic E-state index is 0.139. The van der Waals surface area contributed by atoms with Crippen LogP contribution in [-0.4, -0.2) is 13.2 Å². The Morgan fingerprint density at radius 3 is 2.75 bits per heavy atom. The second-order valence-electron chi connectivity index (χ2n) is 4.12. The Morgan fingerprint density at radius 2 is 2.06 bits per heavy atom. The van der Waals surface area contributed by atoms with Crippen LogP contribution in [0.1, 0.15) is 24.4 Å². The predicted octanol–water partition coefficient (Wildman–Crippen LogP) is 2.91. The molecule has 0 bridgehead atoms. The molecule has 2 N–H and O–H groups in total. The summed E-state index contributed by atoms with van der Waals surface area (Å²) in [7, 11) is 0. The smallest absolute Gasteiger partial charge is 0.146 e. The highest BCUT2D eigenvalue weighted by Gasteiger charge is 2.24. The Labute approximate surface area is 99.5 Å². The molecule has 0 saturated carbocycles. The number of nitrogens with two attached hydrogens (primary N) is 1. The van der Waals surface area contributed by atoms with E-state index in [9.17, 15) is 4.39 Å². The Bertz CT molecular complexity index is 366. The lowest BCUT2D eigenvalue weighted by atomic mass is 9.87. The average molecular weight is 244 g/mol. The van der Waals surface area contributed by atoms with E-state index >= 15 is 0 Å². The first-order chi connectivity index (χ1) is 7.70. The third-order valence-electron chi connectivity index (χ3n) is 3.11. The molecule has 0 radical (unpaired) electrons. The molecule has 0 spiro atoms. The molecule has 88 valence electrons. The van der Waals surface area contributed by atoms with E-state index in [1.54, 1.807) is 12.1 Å². The Balaban J connectivity index is 2.19. The summed E-state index contributed by atoms with van der Waals surface area (Å²) >= 11 is 5.74. The van der Waals surface area contributed by atoms with Crippen LogP contribution >= 0.6 is 11.6 Å². The maximum atomic E-state index is 13.8. The first-order valence-electron chi connectivity index (χ1n) is 5.47. The highest BCUT2D eigenvalue weighted by molar-refractivity contribution is 6.30. The molecule has 1 saturated heterocycles. The van der Waals surface area contributed by atoms with Crippen molar-refractivity contribution in [2.24, 2.45) is 11.7 Å². The van der Waals surface area contributed by atoms with Crippen LogP contribution in [0.15, 0.2) is 18.2 Å². The third kappa shape index (κ3) is 2.37. The zero-order chi connectivity index (χ0) is 11.5.